The molecule has 0 fully saturated rings. The summed E-state index contributed by atoms with van der Waals surface area (Å²) in [4.78, 5) is 4.68. The van der Waals surface area contributed by atoms with Crippen molar-refractivity contribution in [2.75, 3.05) is 0 Å². The van der Waals surface area contributed by atoms with Crippen LogP contribution in [0.3, 0.4) is 0 Å². The minimum absolute atomic E-state index is 0.477. The zero-order valence-corrected chi connectivity index (χ0v) is 11.5. The Kier molecular flexibility index (Phi) is 3.72. The second-order valence-electron chi connectivity index (χ2n) is 4.44. The molecule has 0 unspecified atom stereocenters. The van der Waals surface area contributed by atoms with Gasteiger partial charge in [0.2, 0.25) is 0 Å². The molecular formula is C14H19ClN2. The first kappa shape index (κ1) is 12.4. The van der Waals surface area contributed by atoms with Crippen molar-refractivity contribution >= 4 is 22.6 Å². The summed E-state index contributed by atoms with van der Waals surface area (Å²) in [6.07, 6.45) is 2.22. The highest BCUT2D eigenvalue weighted by Gasteiger charge is 2.16. The van der Waals surface area contributed by atoms with Crippen LogP contribution in [0, 0.1) is 6.92 Å². The molecule has 2 aromatic rings. The molecule has 0 N–H and O–H groups in total. The van der Waals surface area contributed by atoms with E-state index in [4.69, 9.17) is 11.6 Å². The Balaban J connectivity index is 2.70. The van der Waals surface area contributed by atoms with Crippen molar-refractivity contribution in [3.05, 3.63) is 29.6 Å². The molecule has 0 spiro atoms. The number of fused-ring (bicyclic) bond motifs is 1. The van der Waals surface area contributed by atoms with E-state index >= 15 is 0 Å². The Labute approximate surface area is 108 Å². The van der Waals surface area contributed by atoms with Crippen molar-refractivity contribution in [1.82, 2.24) is 9.55 Å². The van der Waals surface area contributed by atoms with E-state index in [1.54, 1.807) is 0 Å². The molecule has 2 rings (SSSR count). The molecule has 0 saturated heterocycles. The number of hydrogen-bond donors (Lipinski definition) is 0. The number of alkyl halides is 1. The number of hydrogen-bond acceptors (Lipinski definition) is 1. The number of benzene rings is 1. The van der Waals surface area contributed by atoms with Crippen LogP contribution in [0.4, 0.5) is 0 Å². The number of halogens is 1. The van der Waals surface area contributed by atoms with Gasteiger partial charge < -0.3 is 4.57 Å². The summed E-state index contributed by atoms with van der Waals surface area (Å²) >= 11 is 6.03. The van der Waals surface area contributed by atoms with E-state index in [0.29, 0.717) is 11.9 Å². The van der Waals surface area contributed by atoms with Gasteiger partial charge in [0.25, 0.3) is 0 Å². The Morgan fingerprint density at radius 1 is 1.29 bits per heavy atom. The summed E-state index contributed by atoms with van der Waals surface area (Å²) in [5.41, 5.74) is 3.53. The van der Waals surface area contributed by atoms with E-state index in [9.17, 15) is 0 Å². The maximum Gasteiger partial charge on any atom is 0.125 e. The Hall–Kier alpha value is -1.02. The standard InChI is InChI=1S/C14H19ClN2/c1-4-11(5-2)17-12-8-6-7-10(3)14(12)16-13(17)9-15/h6-8,11H,4-5,9H2,1-3H3. The predicted molar refractivity (Wildman–Crippen MR) is 73.6 cm³/mol. The van der Waals surface area contributed by atoms with Crippen molar-refractivity contribution < 1.29 is 0 Å². The highest BCUT2D eigenvalue weighted by Crippen LogP contribution is 2.27. The van der Waals surface area contributed by atoms with Gasteiger partial charge in [-0.2, -0.15) is 0 Å². The second-order valence-corrected chi connectivity index (χ2v) is 4.71. The number of aryl methyl sites for hydroxylation is 1. The van der Waals surface area contributed by atoms with Crippen LogP contribution in [-0.4, -0.2) is 9.55 Å². The van der Waals surface area contributed by atoms with Gasteiger partial charge in [-0.3, -0.25) is 0 Å². The molecule has 1 aromatic heterocycles. The maximum absolute atomic E-state index is 6.03. The molecule has 0 radical (unpaired) electrons. The van der Waals surface area contributed by atoms with Gasteiger partial charge in [-0.15, -0.1) is 11.6 Å². The Morgan fingerprint density at radius 2 is 2.00 bits per heavy atom. The maximum atomic E-state index is 6.03. The van der Waals surface area contributed by atoms with Crippen LogP contribution in [0.25, 0.3) is 11.0 Å². The van der Waals surface area contributed by atoms with E-state index < -0.39 is 0 Å². The lowest BCUT2D eigenvalue weighted by molar-refractivity contribution is 0.472. The number of aromatic nitrogens is 2. The number of imidazole rings is 1. The zero-order chi connectivity index (χ0) is 12.4. The summed E-state index contributed by atoms with van der Waals surface area (Å²) in [5, 5.41) is 0. The topological polar surface area (TPSA) is 17.8 Å². The van der Waals surface area contributed by atoms with Gasteiger partial charge in [0.15, 0.2) is 0 Å². The van der Waals surface area contributed by atoms with Gasteiger partial charge in [-0.05, 0) is 31.4 Å². The minimum Gasteiger partial charge on any atom is -0.324 e. The van der Waals surface area contributed by atoms with Crippen molar-refractivity contribution in [3.63, 3.8) is 0 Å². The van der Waals surface area contributed by atoms with E-state index in [-0.39, 0.29) is 0 Å². The van der Waals surface area contributed by atoms with Crippen molar-refractivity contribution in [1.29, 1.82) is 0 Å². The summed E-state index contributed by atoms with van der Waals surface area (Å²) in [6.45, 7) is 6.53. The fraction of sp³-hybridized carbons (Fsp3) is 0.500. The predicted octanol–water partition coefficient (Wildman–Crippen LogP) is 4.44. The summed E-state index contributed by atoms with van der Waals surface area (Å²) < 4.78 is 2.31. The largest absolute Gasteiger partial charge is 0.324 e. The lowest BCUT2D eigenvalue weighted by atomic mass is 10.1. The van der Waals surface area contributed by atoms with Crippen LogP contribution in [0.2, 0.25) is 0 Å². The molecule has 3 heteroatoms. The third-order valence-corrected chi connectivity index (χ3v) is 3.66. The molecular weight excluding hydrogens is 232 g/mol. The third-order valence-electron chi connectivity index (χ3n) is 3.42. The van der Waals surface area contributed by atoms with Crippen LogP contribution in [-0.2, 0) is 5.88 Å². The molecule has 92 valence electrons. The highest BCUT2D eigenvalue weighted by atomic mass is 35.5. The smallest absolute Gasteiger partial charge is 0.125 e. The lowest BCUT2D eigenvalue weighted by Gasteiger charge is -2.18. The highest BCUT2D eigenvalue weighted by molar-refractivity contribution is 6.16. The van der Waals surface area contributed by atoms with Gasteiger partial charge in [0.1, 0.15) is 5.82 Å². The summed E-state index contributed by atoms with van der Waals surface area (Å²) in [6, 6.07) is 6.83. The van der Waals surface area contributed by atoms with Gasteiger partial charge in [0.05, 0.1) is 16.9 Å². The van der Waals surface area contributed by atoms with Crippen LogP contribution >= 0.6 is 11.6 Å². The molecule has 0 bridgehead atoms. The van der Waals surface area contributed by atoms with Crippen molar-refractivity contribution in [3.8, 4) is 0 Å². The van der Waals surface area contributed by atoms with Gasteiger partial charge >= 0.3 is 0 Å². The lowest BCUT2D eigenvalue weighted by Crippen LogP contribution is -2.09. The van der Waals surface area contributed by atoms with Gasteiger partial charge in [-0.1, -0.05) is 26.0 Å². The van der Waals surface area contributed by atoms with Gasteiger partial charge in [-0.25, -0.2) is 4.98 Å². The fourth-order valence-corrected chi connectivity index (χ4v) is 2.65. The van der Waals surface area contributed by atoms with Crippen LogP contribution in [0.15, 0.2) is 18.2 Å². The van der Waals surface area contributed by atoms with Crippen LogP contribution in [0.5, 0.6) is 0 Å². The molecule has 0 aliphatic heterocycles. The fourth-order valence-electron chi connectivity index (χ4n) is 2.46. The quantitative estimate of drug-likeness (QED) is 0.734. The first-order chi connectivity index (χ1) is 8.22. The Bertz CT molecular complexity index is 512. The summed E-state index contributed by atoms with van der Waals surface area (Å²) in [5.74, 6) is 1.47. The molecule has 1 heterocycles. The monoisotopic (exact) mass is 250 g/mol. The third kappa shape index (κ3) is 2.06. The van der Waals surface area contributed by atoms with Crippen LogP contribution < -0.4 is 0 Å². The molecule has 17 heavy (non-hydrogen) atoms. The molecule has 0 aliphatic rings. The van der Waals surface area contributed by atoms with E-state index in [1.165, 1.54) is 11.1 Å². The average Bonchev–Trinajstić information content (AvgIpc) is 2.72. The summed E-state index contributed by atoms with van der Waals surface area (Å²) in [7, 11) is 0. The molecule has 0 saturated carbocycles. The van der Waals surface area contributed by atoms with E-state index in [2.05, 4.69) is 48.5 Å². The normalized spacial score (nSPS) is 11.6. The first-order valence-electron chi connectivity index (χ1n) is 6.25. The zero-order valence-electron chi connectivity index (χ0n) is 10.7. The molecule has 0 amide bonds. The molecule has 0 aliphatic carbocycles. The molecule has 1 aromatic carbocycles. The van der Waals surface area contributed by atoms with Crippen molar-refractivity contribution in [2.24, 2.45) is 0 Å². The van der Waals surface area contributed by atoms with Crippen LogP contribution in [0.1, 0.15) is 44.1 Å². The first-order valence-corrected chi connectivity index (χ1v) is 6.78. The number of rotatable bonds is 4. The van der Waals surface area contributed by atoms with Gasteiger partial charge in [0, 0.05) is 6.04 Å². The molecule has 0 atom stereocenters. The number of nitrogens with zero attached hydrogens (tertiary/aromatic N) is 2. The minimum atomic E-state index is 0.477. The van der Waals surface area contributed by atoms with Crippen molar-refractivity contribution in [2.45, 2.75) is 45.5 Å². The Morgan fingerprint density at radius 3 is 2.59 bits per heavy atom. The van der Waals surface area contributed by atoms with E-state index in [0.717, 1.165) is 24.2 Å². The molecule has 2 nitrogen and oxygen atoms in total. The SMILES string of the molecule is CCC(CC)n1c(CCl)nc2c(C)cccc21. The second kappa shape index (κ2) is 5.09. The number of para-hydroxylation sites is 1. The average molecular weight is 251 g/mol. The van der Waals surface area contributed by atoms with E-state index in [1.807, 2.05) is 0 Å².